The number of primary amides is 1. The van der Waals surface area contributed by atoms with Crippen LogP contribution in [0.15, 0.2) is 54.7 Å². The summed E-state index contributed by atoms with van der Waals surface area (Å²) in [6.45, 7) is 4.10. The van der Waals surface area contributed by atoms with Crippen LogP contribution in [0.25, 0.3) is 22.5 Å². The predicted octanol–water partition coefficient (Wildman–Crippen LogP) is 4.53. The summed E-state index contributed by atoms with van der Waals surface area (Å²) in [5.41, 5.74) is 11.0. The van der Waals surface area contributed by atoms with Gasteiger partial charge in [0.15, 0.2) is 0 Å². The van der Waals surface area contributed by atoms with Crippen molar-refractivity contribution in [1.29, 1.82) is 0 Å². The van der Waals surface area contributed by atoms with E-state index in [1.165, 1.54) is 37.9 Å². The molecule has 172 valence electrons. The molecular weight excluding hydrogens is 412 g/mol. The van der Waals surface area contributed by atoms with Crippen LogP contribution >= 0.6 is 0 Å². The number of nitrogens with two attached hydrogens (primary N) is 1. The fourth-order valence-corrected chi connectivity index (χ4v) is 5.01. The zero-order valence-corrected chi connectivity index (χ0v) is 19.1. The van der Waals surface area contributed by atoms with Crippen LogP contribution in [-0.2, 0) is 4.79 Å². The monoisotopic (exact) mass is 444 g/mol. The third-order valence-corrected chi connectivity index (χ3v) is 6.95. The minimum atomic E-state index is -0.204. The number of allylic oxidation sites excluding steroid dienone is 2. The topological polar surface area (TPSA) is 72.9 Å². The van der Waals surface area contributed by atoms with E-state index in [-0.39, 0.29) is 11.8 Å². The van der Waals surface area contributed by atoms with Crippen LogP contribution in [0.3, 0.4) is 0 Å². The molecule has 1 aliphatic carbocycles. The highest BCUT2D eigenvalue weighted by molar-refractivity contribution is 5.79. The average molecular weight is 445 g/mol. The summed E-state index contributed by atoms with van der Waals surface area (Å²) in [6, 6.07) is 14.5. The molecule has 3 heterocycles. The van der Waals surface area contributed by atoms with Gasteiger partial charge >= 0.3 is 0 Å². The van der Waals surface area contributed by atoms with Crippen molar-refractivity contribution >= 4 is 17.1 Å². The van der Waals surface area contributed by atoms with Gasteiger partial charge < -0.3 is 10.5 Å². The van der Waals surface area contributed by atoms with Gasteiger partial charge in [0.2, 0.25) is 5.91 Å². The summed E-state index contributed by atoms with van der Waals surface area (Å²) in [6.07, 6.45) is 10.4. The van der Waals surface area contributed by atoms with Crippen LogP contribution in [0, 0.1) is 5.92 Å². The van der Waals surface area contributed by atoms with E-state index in [0.717, 1.165) is 54.3 Å². The van der Waals surface area contributed by atoms with Crippen LogP contribution in [-0.4, -0.2) is 46.4 Å². The Bertz CT molecular complexity index is 1140. The lowest BCUT2D eigenvalue weighted by Gasteiger charge is -2.26. The standard InChI is InChI=1S/C27H32N4O2/c28-27(32)22-9-7-20(8-10-22)24-5-4-6-26-29-19-25(31(24)26)21-11-13-23(14-12-21)33-18-17-30-15-2-1-3-16-30/h4-7,11-14,19,22H,1-3,8-10,15-18H2,(H2,28,32). The molecule has 0 spiro atoms. The first-order valence-corrected chi connectivity index (χ1v) is 12.1. The quantitative estimate of drug-likeness (QED) is 0.581. The van der Waals surface area contributed by atoms with Crippen LogP contribution in [0.4, 0.5) is 0 Å². The number of amides is 1. The molecule has 5 rings (SSSR count). The lowest BCUT2D eigenvalue weighted by Crippen LogP contribution is -2.33. The Morgan fingerprint density at radius 1 is 1.06 bits per heavy atom. The molecule has 2 N–H and O–H groups in total. The molecule has 33 heavy (non-hydrogen) atoms. The minimum Gasteiger partial charge on any atom is -0.492 e. The molecule has 1 fully saturated rings. The number of carbonyl (C=O) groups is 1. The van der Waals surface area contributed by atoms with Crippen LogP contribution < -0.4 is 10.5 Å². The predicted molar refractivity (Wildman–Crippen MR) is 131 cm³/mol. The van der Waals surface area contributed by atoms with Gasteiger partial charge in [0.25, 0.3) is 0 Å². The number of hydrogen-bond acceptors (Lipinski definition) is 4. The van der Waals surface area contributed by atoms with Gasteiger partial charge in [0.1, 0.15) is 18.0 Å². The van der Waals surface area contributed by atoms with Gasteiger partial charge in [-0.3, -0.25) is 14.1 Å². The molecule has 1 aromatic carbocycles. The first kappa shape index (κ1) is 21.7. The number of rotatable bonds is 7. The Morgan fingerprint density at radius 3 is 2.61 bits per heavy atom. The highest BCUT2D eigenvalue weighted by Gasteiger charge is 2.21. The lowest BCUT2D eigenvalue weighted by molar-refractivity contribution is -0.121. The van der Waals surface area contributed by atoms with E-state index >= 15 is 0 Å². The van der Waals surface area contributed by atoms with E-state index in [0.29, 0.717) is 6.42 Å². The van der Waals surface area contributed by atoms with Crippen molar-refractivity contribution in [2.45, 2.75) is 38.5 Å². The number of nitrogens with zero attached hydrogens (tertiary/aromatic N) is 3. The fourth-order valence-electron chi connectivity index (χ4n) is 5.01. The molecule has 0 bridgehead atoms. The second-order valence-corrected chi connectivity index (χ2v) is 9.13. The Morgan fingerprint density at radius 2 is 1.88 bits per heavy atom. The molecule has 0 saturated carbocycles. The van der Waals surface area contributed by atoms with Gasteiger partial charge in [-0.25, -0.2) is 4.98 Å². The number of benzene rings is 1. The molecule has 1 amide bonds. The Balaban J connectivity index is 1.33. The smallest absolute Gasteiger partial charge is 0.220 e. The molecule has 1 unspecified atom stereocenters. The largest absolute Gasteiger partial charge is 0.492 e. The molecule has 6 nitrogen and oxygen atoms in total. The van der Waals surface area contributed by atoms with Crippen molar-refractivity contribution < 1.29 is 9.53 Å². The molecule has 1 aliphatic heterocycles. The first-order chi connectivity index (χ1) is 16.2. The molecule has 2 aromatic heterocycles. The fraction of sp³-hybridized carbons (Fsp3) is 0.407. The van der Waals surface area contributed by atoms with Gasteiger partial charge in [-0.2, -0.15) is 0 Å². The van der Waals surface area contributed by atoms with Gasteiger partial charge in [0.05, 0.1) is 17.6 Å². The number of imidazole rings is 1. The van der Waals surface area contributed by atoms with E-state index in [9.17, 15) is 4.79 Å². The number of carbonyl (C=O) groups excluding carboxylic acids is 1. The maximum atomic E-state index is 11.5. The maximum Gasteiger partial charge on any atom is 0.220 e. The third kappa shape index (κ3) is 4.81. The molecule has 1 saturated heterocycles. The van der Waals surface area contributed by atoms with Crippen LogP contribution in [0.5, 0.6) is 5.75 Å². The number of hydrogen-bond donors (Lipinski definition) is 1. The highest BCUT2D eigenvalue weighted by atomic mass is 16.5. The third-order valence-electron chi connectivity index (χ3n) is 6.95. The maximum absolute atomic E-state index is 11.5. The first-order valence-electron chi connectivity index (χ1n) is 12.1. The Labute approximate surface area is 195 Å². The average Bonchev–Trinajstić information content (AvgIpc) is 3.30. The van der Waals surface area contributed by atoms with Gasteiger partial charge in [0, 0.05) is 18.0 Å². The van der Waals surface area contributed by atoms with Gasteiger partial charge in [-0.15, -0.1) is 0 Å². The second kappa shape index (κ2) is 9.79. The number of piperidine rings is 1. The Hall–Kier alpha value is -3.12. The van der Waals surface area contributed by atoms with E-state index in [4.69, 9.17) is 10.5 Å². The van der Waals surface area contributed by atoms with Crippen LogP contribution in [0.1, 0.15) is 44.2 Å². The van der Waals surface area contributed by atoms with Gasteiger partial charge in [-0.1, -0.05) is 18.6 Å². The summed E-state index contributed by atoms with van der Waals surface area (Å²) in [5.74, 6) is 0.639. The number of ether oxygens (including phenoxy) is 1. The zero-order chi connectivity index (χ0) is 22.6. The number of pyridine rings is 1. The molecule has 0 radical (unpaired) electrons. The van der Waals surface area contributed by atoms with Crippen molar-refractivity contribution in [3.8, 4) is 17.0 Å². The minimum absolute atomic E-state index is 0.0577. The van der Waals surface area contributed by atoms with E-state index < -0.39 is 0 Å². The normalized spacial score (nSPS) is 19.4. The van der Waals surface area contributed by atoms with Crippen molar-refractivity contribution in [2.24, 2.45) is 11.7 Å². The summed E-state index contributed by atoms with van der Waals surface area (Å²) in [4.78, 5) is 18.7. The van der Waals surface area contributed by atoms with Crippen LogP contribution in [0.2, 0.25) is 0 Å². The number of likely N-dealkylation sites (tertiary alicyclic amines) is 1. The van der Waals surface area contributed by atoms with E-state index in [1.54, 1.807) is 0 Å². The molecular formula is C27H32N4O2. The summed E-state index contributed by atoms with van der Waals surface area (Å²) in [7, 11) is 0. The summed E-state index contributed by atoms with van der Waals surface area (Å²) >= 11 is 0. The summed E-state index contributed by atoms with van der Waals surface area (Å²) < 4.78 is 8.22. The SMILES string of the molecule is NC(=O)C1CC=C(c2cccc3ncc(-c4ccc(OCCN5CCCCC5)cc4)n23)CC1. The van der Waals surface area contributed by atoms with Crippen molar-refractivity contribution in [3.05, 3.63) is 60.4 Å². The number of fused-ring (bicyclic) bond motifs is 1. The second-order valence-electron chi connectivity index (χ2n) is 9.13. The Kier molecular flexibility index (Phi) is 6.44. The lowest BCUT2D eigenvalue weighted by atomic mass is 9.87. The number of aromatic nitrogens is 2. The van der Waals surface area contributed by atoms with Crippen molar-refractivity contribution in [1.82, 2.24) is 14.3 Å². The molecule has 3 aromatic rings. The zero-order valence-electron chi connectivity index (χ0n) is 19.1. The molecule has 6 heteroatoms. The van der Waals surface area contributed by atoms with Crippen molar-refractivity contribution in [2.75, 3.05) is 26.2 Å². The van der Waals surface area contributed by atoms with Crippen molar-refractivity contribution in [3.63, 3.8) is 0 Å². The van der Waals surface area contributed by atoms with Gasteiger partial charge in [-0.05, 0) is 87.2 Å². The summed E-state index contributed by atoms with van der Waals surface area (Å²) in [5, 5.41) is 0. The van der Waals surface area contributed by atoms with E-state index in [1.807, 2.05) is 30.5 Å². The van der Waals surface area contributed by atoms with E-state index in [2.05, 4.69) is 38.6 Å². The molecule has 2 aliphatic rings. The highest BCUT2D eigenvalue weighted by Crippen LogP contribution is 2.33. The molecule has 1 atom stereocenters.